The van der Waals surface area contributed by atoms with Crippen molar-refractivity contribution >= 4 is 11.8 Å². The summed E-state index contributed by atoms with van der Waals surface area (Å²) in [6.07, 6.45) is 4.55. The summed E-state index contributed by atoms with van der Waals surface area (Å²) in [4.78, 5) is 5.12. The van der Waals surface area contributed by atoms with Crippen molar-refractivity contribution in [3.63, 3.8) is 0 Å². The molecule has 0 radical (unpaired) electrons. The Morgan fingerprint density at radius 1 is 1.32 bits per heavy atom. The topological polar surface area (TPSA) is 15.7 Å². The van der Waals surface area contributed by atoms with Crippen LogP contribution < -0.4 is 9.64 Å². The molecule has 0 aromatic heterocycles. The molecule has 2 heterocycles. The van der Waals surface area contributed by atoms with Crippen molar-refractivity contribution in [3.05, 3.63) is 30.3 Å². The largest absolute Gasteiger partial charge is 0.496 e. The molecule has 1 atom stereocenters. The maximum absolute atomic E-state index is 5.45. The molecule has 0 amide bonds. The normalized spacial score (nSPS) is 23.2. The van der Waals surface area contributed by atoms with E-state index >= 15 is 0 Å². The zero-order valence-corrected chi connectivity index (χ0v) is 11.6. The number of anilines is 1. The molecule has 2 saturated heterocycles. The van der Waals surface area contributed by atoms with Gasteiger partial charge in [0.15, 0.2) is 0 Å². The molecule has 102 valence electrons. The van der Waals surface area contributed by atoms with Crippen LogP contribution in [0.3, 0.4) is 0 Å². The van der Waals surface area contributed by atoms with Gasteiger partial charge in [-0.1, -0.05) is 12.7 Å². The summed E-state index contributed by atoms with van der Waals surface area (Å²) in [6, 6.07) is 7.17. The third kappa shape index (κ3) is 2.35. The Hall–Kier alpha value is -1.48. The molecule has 3 rings (SSSR count). The molecular formula is C16H22N2O. The molecule has 2 fully saturated rings. The number of hydrogen-bond acceptors (Lipinski definition) is 3. The summed E-state index contributed by atoms with van der Waals surface area (Å²) in [7, 11) is 1.72. The van der Waals surface area contributed by atoms with E-state index in [0.717, 1.165) is 30.4 Å². The summed E-state index contributed by atoms with van der Waals surface area (Å²) >= 11 is 0. The van der Waals surface area contributed by atoms with E-state index in [1.54, 1.807) is 7.11 Å². The van der Waals surface area contributed by atoms with Crippen molar-refractivity contribution in [2.75, 3.05) is 38.2 Å². The Morgan fingerprint density at radius 2 is 2.21 bits per heavy atom. The van der Waals surface area contributed by atoms with Crippen LogP contribution in [0.5, 0.6) is 5.75 Å². The van der Waals surface area contributed by atoms with Crippen LogP contribution >= 0.6 is 0 Å². The highest BCUT2D eigenvalue weighted by molar-refractivity contribution is 5.63. The smallest absolute Gasteiger partial charge is 0.128 e. The summed E-state index contributed by atoms with van der Waals surface area (Å²) in [5, 5.41) is 0. The van der Waals surface area contributed by atoms with Crippen LogP contribution in [0.2, 0.25) is 0 Å². The second-order valence-corrected chi connectivity index (χ2v) is 5.41. The molecule has 3 nitrogen and oxygen atoms in total. The minimum absolute atomic E-state index is 0.749. The van der Waals surface area contributed by atoms with E-state index < -0.39 is 0 Å². The van der Waals surface area contributed by atoms with Crippen molar-refractivity contribution in [1.29, 1.82) is 0 Å². The van der Waals surface area contributed by atoms with E-state index in [1.165, 1.54) is 31.6 Å². The Labute approximate surface area is 115 Å². The second kappa shape index (κ2) is 5.25. The van der Waals surface area contributed by atoms with Gasteiger partial charge in [-0.15, -0.1) is 0 Å². The molecule has 0 bridgehead atoms. The van der Waals surface area contributed by atoms with Crippen molar-refractivity contribution in [1.82, 2.24) is 4.90 Å². The van der Waals surface area contributed by atoms with Gasteiger partial charge in [0.25, 0.3) is 0 Å². The van der Waals surface area contributed by atoms with Crippen molar-refractivity contribution in [3.8, 4) is 5.75 Å². The van der Waals surface area contributed by atoms with Crippen LogP contribution in [-0.4, -0.2) is 44.2 Å². The van der Waals surface area contributed by atoms with Crippen molar-refractivity contribution in [2.24, 2.45) is 0 Å². The van der Waals surface area contributed by atoms with Crippen LogP contribution in [0.25, 0.3) is 6.08 Å². The fourth-order valence-electron chi connectivity index (χ4n) is 3.29. The molecule has 19 heavy (non-hydrogen) atoms. The first-order valence-electron chi connectivity index (χ1n) is 7.11. The molecule has 0 saturated carbocycles. The number of rotatable bonds is 3. The fraction of sp³-hybridized carbons (Fsp3) is 0.500. The molecule has 0 unspecified atom stereocenters. The zero-order valence-electron chi connectivity index (χ0n) is 11.6. The lowest BCUT2D eigenvalue weighted by Crippen LogP contribution is -2.50. The van der Waals surface area contributed by atoms with Gasteiger partial charge < -0.3 is 9.64 Å². The molecule has 1 aromatic rings. The molecular weight excluding hydrogens is 236 g/mol. The van der Waals surface area contributed by atoms with Gasteiger partial charge in [-0.25, -0.2) is 0 Å². The summed E-state index contributed by atoms with van der Waals surface area (Å²) in [6.45, 7) is 8.57. The van der Waals surface area contributed by atoms with Crippen LogP contribution in [0.1, 0.15) is 18.4 Å². The van der Waals surface area contributed by atoms with Gasteiger partial charge in [-0.05, 0) is 31.5 Å². The maximum atomic E-state index is 5.45. The average molecular weight is 258 g/mol. The first kappa shape index (κ1) is 12.5. The van der Waals surface area contributed by atoms with Crippen LogP contribution in [0.4, 0.5) is 5.69 Å². The van der Waals surface area contributed by atoms with E-state index in [2.05, 4.69) is 34.6 Å². The number of methoxy groups -OCH3 is 1. The predicted molar refractivity (Wildman–Crippen MR) is 79.9 cm³/mol. The van der Waals surface area contributed by atoms with E-state index in [4.69, 9.17) is 4.74 Å². The number of fused-ring (bicyclic) bond motifs is 1. The number of nitrogens with zero attached hydrogens (tertiary/aromatic N) is 2. The number of piperazine rings is 1. The quantitative estimate of drug-likeness (QED) is 0.829. The summed E-state index contributed by atoms with van der Waals surface area (Å²) in [5.74, 6) is 0.918. The molecule has 2 aliphatic rings. The Balaban J connectivity index is 1.80. The zero-order chi connectivity index (χ0) is 13.2. The van der Waals surface area contributed by atoms with Gasteiger partial charge in [-0.2, -0.15) is 0 Å². The highest BCUT2D eigenvalue weighted by atomic mass is 16.5. The van der Waals surface area contributed by atoms with Gasteiger partial charge in [-0.3, -0.25) is 4.90 Å². The van der Waals surface area contributed by atoms with E-state index in [9.17, 15) is 0 Å². The van der Waals surface area contributed by atoms with Gasteiger partial charge in [0.05, 0.1) is 7.11 Å². The average Bonchev–Trinajstić information content (AvgIpc) is 2.93. The summed E-state index contributed by atoms with van der Waals surface area (Å²) < 4.78 is 5.45. The van der Waals surface area contributed by atoms with Gasteiger partial charge in [0.2, 0.25) is 0 Å². The molecule has 0 aliphatic carbocycles. The van der Waals surface area contributed by atoms with E-state index in [1.807, 2.05) is 6.08 Å². The van der Waals surface area contributed by atoms with Gasteiger partial charge >= 0.3 is 0 Å². The number of hydrogen-bond donors (Lipinski definition) is 0. The standard InChI is InChI=1S/C16H22N2O/c1-3-13-6-7-14(11-16(13)19-2)18-10-9-17-8-4-5-15(17)12-18/h3,6-7,11,15H,1,4-5,8-10,12H2,2H3/t15-/m0/s1. The van der Waals surface area contributed by atoms with Crippen LogP contribution in [-0.2, 0) is 0 Å². The Bertz CT molecular complexity index is 472. The first-order valence-corrected chi connectivity index (χ1v) is 7.11. The van der Waals surface area contributed by atoms with Crippen LogP contribution in [0.15, 0.2) is 24.8 Å². The molecule has 0 spiro atoms. The number of benzene rings is 1. The van der Waals surface area contributed by atoms with E-state index in [-0.39, 0.29) is 0 Å². The lowest BCUT2D eigenvalue weighted by molar-refractivity contribution is 0.231. The monoisotopic (exact) mass is 258 g/mol. The maximum Gasteiger partial charge on any atom is 0.128 e. The lowest BCUT2D eigenvalue weighted by Gasteiger charge is -2.39. The van der Waals surface area contributed by atoms with Crippen LogP contribution in [0, 0.1) is 0 Å². The molecule has 0 N–H and O–H groups in total. The minimum atomic E-state index is 0.749. The lowest BCUT2D eigenvalue weighted by atomic mass is 10.1. The van der Waals surface area contributed by atoms with Crippen molar-refractivity contribution < 1.29 is 4.74 Å². The highest BCUT2D eigenvalue weighted by Crippen LogP contribution is 2.30. The van der Waals surface area contributed by atoms with E-state index in [0.29, 0.717) is 0 Å². The minimum Gasteiger partial charge on any atom is -0.496 e. The third-order valence-corrected chi connectivity index (χ3v) is 4.39. The predicted octanol–water partition coefficient (Wildman–Crippen LogP) is 2.62. The van der Waals surface area contributed by atoms with Gasteiger partial charge in [0.1, 0.15) is 5.75 Å². The van der Waals surface area contributed by atoms with Gasteiger partial charge in [0, 0.05) is 43.0 Å². The Morgan fingerprint density at radius 3 is 3.00 bits per heavy atom. The highest BCUT2D eigenvalue weighted by Gasteiger charge is 2.30. The Kier molecular flexibility index (Phi) is 3.47. The number of ether oxygens (including phenoxy) is 1. The first-order chi connectivity index (χ1) is 9.31. The third-order valence-electron chi connectivity index (χ3n) is 4.39. The second-order valence-electron chi connectivity index (χ2n) is 5.41. The fourth-order valence-corrected chi connectivity index (χ4v) is 3.29. The SMILES string of the molecule is C=Cc1ccc(N2CCN3CCC[C@H]3C2)cc1OC. The van der Waals surface area contributed by atoms with Crippen molar-refractivity contribution in [2.45, 2.75) is 18.9 Å². The molecule has 2 aliphatic heterocycles. The summed E-state index contributed by atoms with van der Waals surface area (Å²) in [5.41, 5.74) is 2.33. The molecule has 1 aromatic carbocycles. The molecule has 3 heteroatoms.